The van der Waals surface area contributed by atoms with E-state index in [4.69, 9.17) is 0 Å². The predicted octanol–water partition coefficient (Wildman–Crippen LogP) is 2.50. The quantitative estimate of drug-likeness (QED) is 0.670. The first-order valence-electron chi connectivity index (χ1n) is 5.92. The zero-order valence-corrected chi connectivity index (χ0v) is 11.4. The molecule has 0 spiro atoms. The van der Waals surface area contributed by atoms with E-state index in [1.165, 1.54) is 4.90 Å². The number of nitrogens with one attached hydrogen (secondary N) is 1. The van der Waals surface area contributed by atoms with Crippen molar-refractivity contribution in [2.24, 2.45) is 0 Å². The normalized spacial score (nSPS) is 11.1. The maximum absolute atomic E-state index is 12.5. The minimum Gasteiger partial charge on any atom is -0.379 e. The monoisotopic (exact) mass is 305 g/mol. The molecule has 1 aromatic carbocycles. The van der Waals surface area contributed by atoms with Gasteiger partial charge in [-0.1, -0.05) is 0 Å². The van der Waals surface area contributed by atoms with E-state index in [1.807, 2.05) is 0 Å². The van der Waals surface area contributed by atoms with Crippen LogP contribution in [-0.4, -0.2) is 36.4 Å². The summed E-state index contributed by atoms with van der Waals surface area (Å²) in [6.07, 6.45) is -4.57. The Morgan fingerprint density at radius 1 is 1.38 bits per heavy atom. The number of nitro benzene ring substituents is 1. The second-order valence-corrected chi connectivity index (χ2v) is 4.45. The van der Waals surface area contributed by atoms with E-state index in [-0.39, 0.29) is 24.6 Å². The topological polar surface area (TPSA) is 75.5 Å². The first-order chi connectivity index (χ1) is 9.62. The van der Waals surface area contributed by atoms with Crippen LogP contribution in [0.15, 0.2) is 18.2 Å². The van der Waals surface area contributed by atoms with Crippen LogP contribution in [0.25, 0.3) is 0 Å². The average Bonchev–Trinajstić information content (AvgIpc) is 2.37. The lowest BCUT2D eigenvalue weighted by Gasteiger charge is -2.12. The Morgan fingerprint density at radius 3 is 2.48 bits per heavy atom. The molecule has 1 rings (SSSR count). The van der Waals surface area contributed by atoms with Crippen LogP contribution in [0.1, 0.15) is 12.0 Å². The fourth-order valence-corrected chi connectivity index (χ4v) is 1.54. The molecule has 6 nitrogen and oxygen atoms in total. The molecule has 0 radical (unpaired) electrons. The maximum Gasteiger partial charge on any atom is 0.416 e. The molecule has 0 aliphatic heterocycles. The van der Waals surface area contributed by atoms with Crippen molar-refractivity contribution in [3.8, 4) is 0 Å². The van der Waals surface area contributed by atoms with Gasteiger partial charge in [-0.05, 0) is 12.1 Å². The van der Waals surface area contributed by atoms with Crippen molar-refractivity contribution >= 4 is 17.3 Å². The number of carbonyl (C=O) groups excluding carboxylic acids is 1. The molecular formula is C12H14F3N3O3. The zero-order chi connectivity index (χ0) is 16.2. The molecule has 21 heavy (non-hydrogen) atoms. The van der Waals surface area contributed by atoms with Crippen LogP contribution in [0.5, 0.6) is 0 Å². The van der Waals surface area contributed by atoms with Gasteiger partial charge in [0.25, 0.3) is 5.69 Å². The van der Waals surface area contributed by atoms with Crippen LogP contribution in [0, 0.1) is 10.1 Å². The van der Waals surface area contributed by atoms with Crippen molar-refractivity contribution in [1.82, 2.24) is 4.90 Å². The highest BCUT2D eigenvalue weighted by atomic mass is 19.4. The fourth-order valence-electron chi connectivity index (χ4n) is 1.54. The number of halogens is 3. The molecule has 0 aliphatic carbocycles. The Hall–Kier alpha value is -2.32. The van der Waals surface area contributed by atoms with Gasteiger partial charge in [-0.3, -0.25) is 14.9 Å². The summed E-state index contributed by atoms with van der Waals surface area (Å²) in [6.45, 7) is 0.0865. The second kappa shape index (κ2) is 6.42. The molecule has 0 aliphatic rings. The fraction of sp³-hybridized carbons (Fsp3) is 0.417. The third-order valence-electron chi connectivity index (χ3n) is 2.67. The standard InChI is InChI=1S/C12H14F3N3O3/c1-17(2)11(19)5-6-16-9-4-3-8(12(13,14)15)7-10(9)18(20)21/h3-4,7,16H,5-6H2,1-2H3. The van der Waals surface area contributed by atoms with Crippen molar-refractivity contribution < 1.29 is 22.9 Å². The van der Waals surface area contributed by atoms with Crippen molar-refractivity contribution in [1.29, 1.82) is 0 Å². The predicted molar refractivity (Wildman–Crippen MR) is 69.9 cm³/mol. The van der Waals surface area contributed by atoms with E-state index >= 15 is 0 Å². The number of nitro groups is 1. The number of carbonyl (C=O) groups is 1. The zero-order valence-electron chi connectivity index (χ0n) is 11.4. The van der Waals surface area contributed by atoms with E-state index in [1.54, 1.807) is 14.1 Å². The van der Waals surface area contributed by atoms with Gasteiger partial charge in [-0.25, -0.2) is 0 Å². The molecule has 0 unspecified atom stereocenters. The Balaban J connectivity index is 2.88. The van der Waals surface area contributed by atoms with Crippen LogP contribution in [0.4, 0.5) is 24.5 Å². The van der Waals surface area contributed by atoms with Gasteiger partial charge >= 0.3 is 6.18 Å². The van der Waals surface area contributed by atoms with E-state index in [0.29, 0.717) is 6.07 Å². The first kappa shape index (κ1) is 16.7. The lowest BCUT2D eigenvalue weighted by Crippen LogP contribution is -2.24. The van der Waals surface area contributed by atoms with Gasteiger partial charge in [0.15, 0.2) is 0 Å². The Labute approximate surface area is 118 Å². The van der Waals surface area contributed by atoms with Gasteiger partial charge in [0.1, 0.15) is 5.69 Å². The van der Waals surface area contributed by atoms with Crippen molar-refractivity contribution in [2.45, 2.75) is 12.6 Å². The Kier molecular flexibility index (Phi) is 5.12. The number of hydrogen-bond donors (Lipinski definition) is 1. The summed E-state index contributed by atoms with van der Waals surface area (Å²) in [7, 11) is 3.12. The molecule has 0 saturated heterocycles. The molecule has 1 amide bonds. The Bertz CT molecular complexity index is 544. The summed E-state index contributed by atoms with van der Waals surface area (Å²) >= 11 is 0. The molecule has 0 saturated carbocycles. The molecule has 116 valence electrons. The van der Waals surface area contributed by atoms with Crippen LogP contribution in [-0.2, 0) is 11.0 Å². The summed E-state index contributed by atoms with van der Waals surface area (Å²) in [6, 6.07) is 2.21. The van der Waals surface area contributed by atoms with Crippen molar-refractivity contribution in [3.05, 3.63) is 33.9 Å². The minimum absolute atomic E-state index is 0.0560. The SMILES string of the molecule is CN(C)C(=O)CCNc1ccc(C(F)(F)F)cc1[N+](=O)[O-]. The van der Waals surface area contributed by atoms with Gasteiger partial charge in [0.2, 0.25) is 5.91 Å². The highest BCUT2D eigenvalue weighted by Crippen LogP contribution is 2.34. The van der Waals surface area contributed by atoms with Gasteiger partial charge in [-0.2, -0.15) is 13.2 Å². The van der Waals surface area contributed by atoms with E-state index in [9.17, 15) is 28.1 Å². The lowest BCUT2D eigenvalue weighted by molar-refractivity contribution is -0.384. The average molecular weight is 305 g/mol. The van der Waals surface area contributed by atoms with E-state index < -0.39 is 22.4 Å². The molecule has 9 heteroatoms. The molecule has 0 heterocycles. The molecule has 1 aromatic rings. The summed E-state index contributed by atoms with van der Waals surface area (Å²) in [5, 5.41) is 13.4. The highest BCUT2D eigenvalue weighted by molar-refractivity contribution is 5.76. The smallest absolute Gasteiger partial charge is 0.379 e. The third kappa shape index (κ3) is 4.62. The van der Waals surface area contributed by atoms with Crippen molar-refractivity contribution in [3.63, 3.8) is 0 Å². The number of anilines is 1. The number of benzene rings is 1. The molecule has 0 aromatic heterocycles. The molecule has 0 bridgehead atoms. The van der Waals surface area contributed by atoms with Crippen molar-refractivity contribution in [2.75, 3.05) is 26.0 Å². The summed E-state index contributed by atoms with van der Waals surface area (Å²) in [5.74, 6) is -0.197. The number of alkyl halides is 3. The van der Waals surface area contributed by atoms with Gasteiger partial charge in [0.05, 0.1) is 10.5 Å². The van der Waals surface area contributed by atoms with Gasteiger partial charge in [0, 0.05) is 33.1 Å². The summed E-state index contributed by atoms with van der Waals surface area (Å²) < 4.78 is 37.5. The van der Waals surface area contributed by atoms with Gasteiger partial charge in [-0.15, -0.1) is 0 Å². The van der Waals surface area contributed by atoms with Crippen LogP contribution < -0.4 is 5.32 Å². The molecule has 1 N–H and O–H groups in total. The molecule has 0 atom stereocenters. The van der Waals surface area contributed by atoms with Crippen LogP contribution in [0.2, 0.25) is 0 Å². The number of amides is 1. The summed E-state index contributed by atoms with van der Waals surface area (Å²) in [5.41, 5.74) is -1.83. The van der Waals surface area contributed by atoms with Gasteiger partial charge < -0.3 is 10.2 Å². The Morgan fingerprint density at radius 2 is 2.00 bits per heavy atom. The minimum atomic E-state index is -4.65. The number of rotatable bonds is 5. The summed E-state index contributed by atoms with van der Waals surface area (Å²) in [4.78, 5) is 22.6. The highest BCUT2D eigenvalue weighted by Gasteiger charge is 2.32. The number of nitrogens with zero attached hydrogens (tertiary/aromatic N) is 2. The molecular weight excluding hydrogens is 291 g/mol. The largest absolute Gasteiger partial charge is 0.416 e. The lowest BCUT2D eigenvalue weighted by atomic mass is 10.1. The second-order valence-electron chi connectivity index (χ2n) is 4.45. The number of hydrogen-bond acceptors (Lipinski definition) is 4. The van der Waals surface area contributed by atoms with Crippen LogP contribution in [0.3, 0.4) is 0 Å². The third-order valence-corrected chi connectivity index (χ3v) is 2.67. The van der Waals surface area contributed by atoms with E-state index in [0.717, 1.165) is 12.1 Å². The maximum atomic E-state index is 12.5. The molecule has 0 fully saturated rings. The van der Waals surface area contributed by atoms with E-state index in [2.05, 4.69) is 5.32 Å². The first-order valence-corrected chi connectivity index (χ1v) is 5.92. The van der Waals surface area contributed by atoms with Crippen LogP contribution >= 0.6 is 0 Å².